The van der Waals surface area contributed by atoms with E-state index in [2.05, 4.69) is 22.4 Å². The third-order valence-corrected chi connectivity index (χ3v) is 3.38. The molecule has 0 bridgehead atoms. The van der Waals surface area contributed by atoms with E-state index in [0.717, 1.165) is 5.56 Å². The molecule has 1 unspecified atom stereocenters. The molecule has 1 aromatic rings. The Hall–Kier alpha value is -0.400. The highest BCUT2D eigenvalue weighted by Gasteiger charge is 2.43. The summed E-state index contributed by atoms with van der Waals surface area (Å²) in [5.74, 6) is 0. The predicted octanol–water partition coefficient (Wildman–Crippen LogP) is 4.20. The van der Waals surface area contributed by atoms with Crippen molar-refractivity contribution < 1.29 is 0 Å². The zero-order chi connectivity index (χ0) is 11.5. The molecule has 0 fully saturated rings. The van der Waals surface area contributed by atoms with Crippen LogP contribution in [0.4, 0.5) is 0 Å². The van der Waals surface area contributed by atoms with Crippen molar-refractivity contribution in [2.45, 2.75) is 23.7 Å². The second kappa shape index (κ2) is 4.63. The number of hydrogen-bond acceptors (Lipinski definition) is 2. The van der Waals surface area contributed by atoms with Crippen molar-refractivity contribution >= 4 is 40.6 Å². The lowest BCUT2D eigenvalue weighted by Crippen LogP contribution is -2.36. The van der Waals surface area contributed by atoms with Crippen LogP contribution in [0, 0.1) is 0 Å². The summed E-state index contributed by atoms with van der Waals surface area (Å²) >= 11 is 17.3. The molecular weight excluding hydrogens is 249 g/mol. The summed E-state index contributed by atoms with van der Waals surface area (Å²) in [5, 5.41) is 2.31. The Morgan fingerprint density at radius 1 is 1.20 bits per heavy atom. The second-order valence-electron chi connectivity index (χ2n) is 3.66. The molecule has 15 heavy (non-hydrogen) atoms. The minimum atomic E-state index is -1.07. The van der Waals surface area contributed by atoms with Gasteiger partial charge in [0, 0.05) is 0 Å². The van der Waals surface area contributed by atoms with Gasteiger partial charge in [-0.2, -0.15) is 0 Å². The van der Waals surface area contributed by atoms with E-state index in [0.29, 0.717) is 0 Å². The summed E-state index contributed by atoms with van der Waals surface area (Å²) < 4.78 is 0. The van der Waals surface area contributed by atoms with Crippen LogP contribution >= 0.6 is 35.4 Å². The maximum atomic E-state index is 6.41. The lowest BCUT2D eigenvalue weighted by atomic mass is 9.95. The fourth-order valence-electron chi connectivity index (χ4n) is 1.26. The zero-order valence-electron chi connectivity index (χ0n) is 8.50. The SMILES string of the molecule is CC(C)(Cl)C(Cl)(N=C=S)c1ccccc1. The Bertz CT molecular complexity index is 379. The highest BCUT2D eigenvalue weighted by Crippen LogP contribution is 2.44. The molecule has 0 heterocycles. The van der Waals surface area contributed by atoms with Crippen molar-refractivity contribution in [3.8, 4) is 0 Å². The highest BCUT2D eigenvalue weighted by atomic mass is 35.5. The number of halogens is 2. The molecule has 0 saturated carbocycles. The fraction of sp³-hybridized carbons (Fsp3) is 0.364. The van der Waals surface area contributed by atoms with Gasteiger partial charge in [-0.15, -0.1) is 11.6 Å². The van der Waals surface area contributed by atoms with E-state index in [1.807, 2.05) is 30.3 Å². The minimum absolute atomic E-state index is 0.748. The average Bonchev–Trinajstić information content (AvgIpc) is 2.18. The summed E-state index contributed by atoms with van der Waals surface area (Å²) in [6.07, 6.45) is 0. The van der Waals surface area contributed by atoms with E-state index < -0.39 is 9.87 Å². The Morgan fingerprint density at radius 3 is 2.13 bits per heavy atom. The number of rotatable bonds is 3. The van der Waals surface area contributed by atoms with Crippen LogP contribution in [0.15, 0.2) is 35.3 Å². The topological polar surface area (TPSA) is 12.4 Å². The van der Waals surface area contributed by atoms with Crippen LogP contribution in [0.3, 0.4) is 0 Å². The molecule has 0 aliphatic heterocycles. The van der Waals surface area contributed by atoms with Gasteiger partial charge in [-0.3, -0.25) is 0 Å². The van der Waals surface area contributed by atoms with Crippen molar-refractivity contribution in [3.63, 3.8) is 0 Å². The smallest absolute Gasteiger partial charge is 0.187 e. The number of isothiocyanates is 1. The summed E-state index contributed by atoms with van der Waals surface area (Å²) in [4.78, 5) is 2.18. The maximum absolute atomic E-state index is 6.41. The molecule has 0 radical (unpaired) electrons. The van der Waals surface area contributed by atoms with Crippen molar-refractivity contribution in [3.05, 3.63) is 35.9 Å². The number of nitrogens with zero attached hydrogens (tertiary/aromatic N) is 1. The molecule has 0 saturated heterocycles. The first-order valence-electron chi connectivity index (χ1n) is 4.44. The molecule has 0 amide bonds. The van der Waals surface area contributed by atoms with Gasteiger partial charge in [0.1, 0.15) is 0 Å². The van der Waals surface area contributed by atoms with Crippen LogP contribution in [0.2, 0.25) is 0 Å². The van der Waals surface area contributed by atoms with Gasteiger partial charge in [-0.25, -0.2) is 4.99 Å². The Balaban J connectivity index is 3.32. The molecular formula is C11H11Cl2NS. The molecule has 1 rings (SSSR count). The van der Waals surface area contributed by atoms with Crippen LogP contribution in [0.25, 0.3) is 0 Å². The van der Waals surface area contributed by atoms with Crippen molar-refractivity contribution in [2.24, 2.45) is 4.99 Å². The first-order chi connectivity index (χ1) is 6.92. The van der Waals surface area contributed by atoms with Gasteiger partial charge in [0.2, 0.25) is 0 Å². The zero-order valence-corrected chi connectivity index (χ0v) is 10.8. The van der Waals surface area contributed by atoms with Gasteiger partial charge >= 0.3 is 0 Å². The maximum Gasteiger partial charge on any atom is 0.187 e. The molecule has 0 aliphatic carbocycles. The average molecular weight is 260 g/mol. The monoisotopic (exact) mass is 259 g/mol. The van der Waals surface area contributed by atoms with Gasteiger partial charge in [-0.1, -0.05) is 41.9 Å². The van der Waals surface area contributed by atoms with Crippen molar-refractivity contribution in [1.82, 2.24) is 0 Å². The van der Waals surface area contributed by atoms with E-state index in [1.165, 1.54) is 0 Å². The van der Waals surface area contributed by atoms with Crippen molar-refractivity contribution in [2.75, 3.05) is 0 Å². The summed E-state index contributed by atoms with van der Waals surface area (Å²) in [7, 11) is 0. The van der Waals surface area contributed by atoms with Crippen LogP contribution < -0.4 is 0 Å². The van der Waals surface area contributed by atoms with E-state index in [1.54, 1.807) is 13.8 Å². The number of thiocarbonyl (C=S) groups is 1. The van der Waals surface area contributed by atoms with Gasteiger partial charge in [0.05, 0.1) is 10.0 Å². The molecule has 1 aromatic carbocycles. The largest absolute Gasteiger partial charge is 0.203 e. The van der Waals surface area contributed by atoms with E-state index in [4.69, 9.17) is 23.2 Å². The van der Waals surface area contributed by atoms with Gasteiger partial charge in [-0.05, 0) is 31.6 Å². The van der Waals surface area contributed by atoms with Crippen LogP contribution in [0.5, 0.6) is 0 Å². The number of benzene rings is 1. The quantitative estimate of drug-likeness (QED) is 0.343. The number of aliphatic imine (C=N–C) groups is 1. The van der Waals surface area contributed by atoms with Gasteiger partial charge in [0.15, 0.2) is 5.00 Å². The van der Waals surface area contributed by atoms with Crippen LogP contribution in [-0.2, 0) is 5.00 Å². The molecule has 80 valence electrons. The first kappa shape index (κ1) is 12.7. The molecule has 0 spiro atoms. The van der Waals surface area contributed by atoms with Crippen LogP contribution in [0.1, 0.15) is 19.4 Å². The van der Waals surface area contributed by atoms with E-state index >= 15 is 0 Å². The predicted molar refractivity (Wildman–Crippen MR) is 68.9 cm³/mol. The second-order valence-corrected chi connectivity index (χ2v) is 5.34. The highest BCUT2D eigenvalue weighted by molar-refractivity contribution is 7.78. The molecule has 0 aromatic heterocycles. The lowest BCUT2D eigenvalue weighted by molar-refractivity contribution is 0.495. The normalized spacial score (nSPS) is 15.2. The summed E-state index contributed by atoms with van der Waals surface area (Å²) in [5.41, 5.74) is 0.809. The summed E-state index contributed by atoms with van der Waals surface area (Å²) in [6, 6.07) is 9.41. The Kier molecular flexibility index (Phi) is 3.91. The Morgan fingerprint density at radius 2 is 1.73 bits per heavy atom. The van der Waals surface area contributed by atoms with Crippen molar-refractivity contribution in [1.29, 1.82) is 0 Å². The third-order valence-electron chi connectivity index (χ3n) is 2.14. The first-order valence-corrected chi connectivity index (χ1v) is 5.60. The fourth-order valence-corrected chi connectivity index (χ4v) is 1.77. The molecule has 1 nitrogen and oxygen atoms in total. The standard InChI is InChI=1S/C11H11Cl2NS/c1-10(2,12)11(13,14-8-15)9-6-4-3-5-7-9/h3-7H,1-2H3. The summed E-state index contributed by atoms with van der Waals surface area (Å²) in [6.45, 7) is 3.59. The minimum Gasteiger partial charge on any atom is -0.203 e. The van der Waals surface area contributed by atoms with Gasteiger partial charge < -0.3 is 0 Å². The van der Waals surface area contributed by atoms with Gasteiger partial charge in [0.25, 0.3) is 0 Å². The van der Waals surface area contributed by atoms with E-state index in [-0.39, 0.29) is 0 Å². The number of hydrogen-bond donors (Lipinski definition) is 0. The molecule has 1 atom stereocenters. The Labute approximate surface area is 105 Å². The van der Waals surface area contributed by atoms with Crippen LogP contribution in [-0.4, -0.2) is 10.0 Å². The number of alkyl halides is 2. The molecule has 0 N–H and O–H groups in total. The third kappa shape index (κ3) is 2.59. The lowest BCUT2D eigenvalue weighted by Gasteiger charge is -2.33. The van der Waals surface area contributed by atoms with E-state index in [9.17, 15) is 0 Å². The molecule has 0 aliphatic rings. The molecule has 4 heteroatoms.